The third kappa shape index (κ3) is 4.61. The van der Waals surface area contributed by atoms with E-state index in [0.29, 0.717) is 6.04 Å². The minimum Gasteiger partial charge on any atom is -0.310 e. The van der Waals surface area contributed by atoms with Crippen molar-refractivity contribution in [1.82, 2.24) is 5.32 Å². The number of nitrogens with one attached hydrogen (secondary N) is 1. The molecule has 0 aromatic heterocycles. The van der Waals surface area contributed by atoms with Crippen molar-refractivity contribution in [2.45, 2.75) is 52.0 Å². The van der Waals surface area contributed by atoms with Crippen LogP contribution in [0.25, 0.3) is 0 Å². The predicted molar refractivity (Wildman–Crippen MR) is 86.3 cm³/mol. The van der Waals surface area contributed by atoms with Gasteiger partial charge in [-0.2, -0.15) is 0 Å². The Bertz CT molecular complexity index is 391. The average Bonchev–Trinajstić information content (AvgIpc) is 2.39. The van der Waals surface area contributed by atoms with Crippen molar-refractivity contribution in [3.8, 4) is 0 Å². The van der Waals surface area contributed by atoms with Crippen LogP contribution in [0.2, 0.25) is 0 Å². The summed E-state index contributed by atoms with van der Waals surface area (Å²) in [5, 5.41) is 3.67. The molecule has 19 heavy (non-hydrogen) atoms. The Hall–Kier alpha value is -0.340. The van der Waals surface area contributed by atoms with E-state index in [1.54, 1.807) is 0 Å². The van der Waals surface area contributed by atoms with Crippen molar-refractivity contribution in [3.63, 3.8) is 0 Å². The lowest BCUT2D eigenvalue weighted by Crippen LogP contribution is -2.24. The molecule has 3 unspecified atom stereocenters. The number of rotatable bonds is 5. The summed E-state index contributed by atoms with van der Waals surface area (Å²) in [6.45, 7) is 5.80. The average molecular weight is 324 g/mol. The lowest BCUT2D eigenvalue weighted by atomic mass is 9.81. The van der Waals surface area contributed by atoms with Crippen LogP contribution in [-0.2, 0) is 0 Å². The van der Waals surface area contributed by atoms with Crippen molar-refractivity contribution >= 4 is 15.9 Å². The van der Waals surface area contributed by atoms with E-state index in [4.69, 9.17) is 0 Å². The van der Waals surface area contributed by atoms with Crippen LogP contribution < -0.4 is 5.32 Å². The molecule has 2 heteroatoms. The van der Waals surface area contributed by atoms with Crippen LogP contribution in [0.5, 0.6) is 0 Å². The molecule has 106 valence electrons. The Labute approximate surface area is 126 Å². The predicted octanol–water partition coefficient (Wildman–Crippen LogP) is 5.32. The second-order valence-corrected chi connectivity index (χ2v) is 6.98. The van der Waals surface area contributed by atoms with E-state index in [1.165, 1.54) is 42.1 Å². The maximum absolute atomic E-state index is 3.67. The summed E-state index contributed by atoms with van der Waals surface area (Å²) >= 11 is 3.63. The van der Waals surface area contributed by atoms with Gasteiger partial charge in [0.1, 0.15) is 0 Å². The van der Waals surface area contributed by atoms with Gasteiger partial charge >= 0.3 is 0 Å². The molecule has 1 saturated carbocycles. The summed E-state index contributed by atoms with van der Waals surface area (Å²) in [6.07, 6.45) is 7.09. The van der Waals surface area contributed by atoms with Gasteiger partial charge in [0.15, 0.2) is 0 Å². The van der Waals surface area contributed by atoms with E-state index in [9.17, 15) is 0 Å². The summed E-state index contributed by atoms with van der Waals surface area (Å²) in [5.74, 6) is 1.89. The molecule has 1 aliphatic rings. The molecule has 1 nitrogen and oxygen atoms in total. The first-order valence-electron chi connectivity index (χ1n) is 7.64. The molecule has 0 aliphatic heterocycles. The molecular weight excluding hydrogens is 298 g/mol. The van der Waals surface area contributed by atoms with Crippen molar-refractivity contribution in [1.29, 1.82) is 0 Å². The molecule has 0 radical (unpaired) electrons. The third-order valence-corrected chi connectivity index (χ3v) is 5.14. The highest BCUT2D eigenvalue weighted by Gasteiger charge is 2.18. The van der Waals surface area contributed by atoms with E-state index in [-0.39, 0.29) is 0 Å². The van der Waals surface area contributed by atoms with E-state index in [0.717, 1.165) is 18.4 Å². The van der Waals surface area contributed by atoms with Crippen LogP contribution in [0.3, 0.4) is 0 Å². The minimum absolute atomic E-state index is 0.427. The van der Waals surface area contributed by atoms with Crippen LogP contribution in [0, 0.1) is 11.8 Å². The second kappa shape index (κ2) is 7.44. The van der Waals surface area contributed by atoms with Crippen LogP contribution in [0.15, 0.2) is 28.7 Å². The first-order chi connectivity index (χ1) is 9.16. The number of hydrogen-bond donors (Lipinski definition) is 1. The zero-order valence-corrected chi connectivity index (χ0v) is 13.7. The van der Waals surface area contributed by atoms with Crippen molar-refractivity contribution in [2.75, 3.05) is 6.54 Å². The number of halogens is 1. The van der Waals surface area contributed by atoms with E-state index < -0.39 is 0 Å². The third-order valence-electron chi connectivity index (χ3n) is 4.42. The first-order valence-corrected chi connectivity index (χ1v) is 8.44. The van der Waals surface area contributed by atoms with Gasteiger partial charge in [-0.25, -0.2) is 0 Å². The molecule has 2 rings (SSSR count). The highest BCUT2D eigenvalue weighted by Crippen LogP contribution is 2.30. The highest BCUT2D eigenvalue weighted by atomic mass is 79.9. The fourth-order valence-corrected chi connectivity index (χ4v) is 3.89. The Morgan fingerprint density at radius 2 is 2.11 bits per heavy atom. The first kappa shape index (κ1) is 15.1. The largest absolute Gasteiger partial charge is 0.310 e. The lowest BCUT2D eigenvalue weighted by molar-refractivity contribution is 0.265. The normalized spacial score (nSPS) is 25.2. The zero-order valence-electron chi connectivity index (χ0n) is 12.2. The molecule has 0 bridgehead atoms. The van der Waals surface area contributed by atoms with Crippen LogP contribution in [-0.4, -0.2) is 6.54 Å². The summed E-state index contributed by atoms with van der Waals surface area (Å²) < 4.78 is 1.21. The highest BCUT2D eigenvalue weighted by molar-refractivity contribution is 9.10. The van der Waals surface area contributed by atoms with Crippen molar-refractivity contribution < 1.29 is 0 Å². The van der Waals surface area contributed by atoms with E-state index in [1.807, 2.05) is 0 Å². The Morgan fingerprint density at radius 1 is 1.32 bits per heavy atom. The van der Waals surface area contributed by atoms with Gasteiger partial charge in [-0.3, -0.25) is 0 Å². The monoisotopic (exact) mass is 323 g/mol. The minimum atomic E-state index is 0.427. The maximum Gasteiger partial charge on any atom is 0.0302 e. The molecule has 1 N–H and O–H groups in total. The van der Waals surface area contributed by atoms with E-state index >= 15 is 0 Å². The summed E-state index contributed by atoms with van der Waals surface area (Å²) in [5.41, 5.74) is 1.36. The van der Waals surface area contributed by atoms with Crippen molar-refractivity contribution in [2.24, 2.45) is 11.8 Å². The molecular formula is C17H26BrN. The van der Waals surface area contributed by atoms with Gasteiger partial charge in [-0.05, 0) is 49.8 Å². The molecule has 1 fully saturated rings. The van der Waals surface area contributed by atoms with Crippen LogP contribution >= 0.6 is 15.9 Å². The van der Waals surface area contributed by atoms with Crippen LogP contribution in [0.4, 0.5) is 0 Å². The van der Waals surface area contributed by atoms with Gasteiger partial charge in [0.05, 0.1) is 0 Å². The summed E-state index contributed by atoms with van der Waals surface area (Å²) in [7, 11) is 0. The molecule has 3 atom stereocenters. The molecule has 1 aliphatic carbocycles. The van der Waals surface area contributed by atoms with Gasteiger partial charge < -0.3 is 5.32 Å². The van der Waals surface area contributed by atoms with Gasteiger partial charge in [-0.1, -0.05) is 60.3 Å². The lowest BCUT2D eigenvalue weighted by Gasteiger charge is -2.27. The second-order valence-electron chi connectivity index (χ2n) is 6.12. The van der Waals surface area contributed by atoms with E-state index in [2.05, 4.69) is 59.4 Å². The van der Waals surface area contributed by atoms with Gasteiger partial charge in [0, 0.05) is 10.5 Å². The molecule has 1 aromatic carbocycles. The summed E-state index contributed by atoms with van der Waals surface area (Å²) in [4.78, 5) is 0. The Kier molecular flexibility index (Phi) is 5.90. The van der Waals surface area contributed by atoms with Crippen LogP contribution in [0.1, 0.15) is 57.6 Å². The zero-order chi connectivity index (χ0) is 13.7. The van der Waals surface area contributed by atoms with Gasteiger partial charge in [0.2, 0.25) is 0 Å². The SMILES string of the molecule is CC1CCCC(CCNC(C)c2ccccc2Br)C1. The quantitative estimate of drug-likeness (QED) is 0.773. The van der Waals surface area contributed by atoms with Gasteiger partial charge in [0.25, 0.3) is 0 Å². The molecule has 0 spiro atoms. The topological polar surface area (TPSA) is 12.0 Å². The van der Waals surface area contributed by atoms with Gasteiger partial charge in [-0.15, -0.1) is 0 Å². The smallest absolute Gasteiger partial charge is 0.0302 e. The maximum atomic E-state index is 3.67. The van der Waals surface area contributed by atoms with Crippen molar-refractivity contribution in [3.05, 3.63) is 34.3 Å². The molecule has 0 heterocycles. The fourth-order valence-electron chi connectivity index (χ4n) is 3.26. The molecule has 0 amide bonds. The Morgan fingerprint density at radius 3 is 2.84 bits per heavy atom. The number of benzene rings is 1. The number of hydrogen-bond acceptors (Lipinski definition) is 1. The standard InChI is InChI=1S/C17H26BrN/c1-13-6-5-7-15(12-13)10-11-19-14(2)16-8-3-4-9-17(16)18/h3-4,8-9,13-15,19H,5-7,10-12H2,1-2H3. The summed E-state index contributed by atoms with van der Waals surface area (Å²) in [6, 6.07) is 8.93. The molecule has 1 aromatic rings. The molecule has 0 saturated heterocycles. The Balaban J connectivity index is 1.75. The fraction of sp³-hybridized carbons (Fsp3) is 0.647.